The van der Waals surface area contributed by atoms with Crippen molar-refractivity contribution in [3.05, 3.63) is 59.6 Å². The molecule has 3 aromatic rings. The highest BCUT2D eigenvalue weighted by atomic mass is 16.6. The first-order valence-corrected chi connectivity index (χ1v) is 16.6. The largest absolute Gasteiger partial charge is 0.493 e. The fourth-order valence-corrected chi connectivity index (χ4v) is 6.22. The molecule has 2 atom stereocenters. The summed E-state index contributed by atoms with van der Waals surface area (Å²) in [5, 5.41) is 0.826. The maximum absolute atomic E-state index is 13.0. The fourth-order valence-electron chi connectivity index (χ4n) is 6.22. The molecule has 1 aliphatic carbocycles. The quantitative estimate of drug-likeness (QED) is 0.150. The van der Waals surface area contributed by atoms with Gasteiger partial charge in [-0.3, -0.25) is 4.98 Å². The first-order valence-electron chi connectivity index (χ1n) is 16.6. The summed E-state index contributed by atoms with van der Waals surface area (Å²) < 4.78 is 29.9. The van der Waals surface area contributed by atoms with Crippen LogP contribution in [0.25, 0.3) is 11.0 Å². The average Bonchev–Trinajstić information content (AvgIpc) is 3.60. The summed E-state index contributed by atoms with van der Waals surface area (Å²) in [4.78, 5) is 36.4. The summed E-state index contributed by atoms with van der Waals surface area (Å²) in [7, 11) is 0. The molecule has 3 heterocycles. The molecule has 1 aromatic carbocycles. The molecule has 2 aliphatic rings. The van der Waals surface area contributed by atoms with Gasteiger partial charge < -0.3 is 28.3 Å². The number of carbonyl (C=O) groups is 2. The number of fused-ring (bicyclic) bond motifs is 1. The minimum absolute atomic E-state index is 0.291. The third-order valence-electron chi connectivity index (χ3n) is 8.38. The van der Waals surface area contributed by atoms with Crippen LogP contribution >= 0.6 is 0 Å². The zero-order valence-corrected chi connectivity index (χ0v) is 27.8. The normalized spacial score (nSPS) is 18.6. The average molecular weight is 634 g/mol. The number of pyridine rings is 1. The Kier molecular flexibility index (Phi) is 10.9. The lowest BCUT2D eigenvalue weighted by molar-refractivity contribution is -0.146. The Morgan fingerprint density at radius 1 is 1.09 bits per heavy atom. The van der Waals surface area contributed by atoms with E-state index in [2.05, 4.69) is 4.98 Å². The van der Waals surface area contributed by atoms with Crippen molar-refractivity contribution in [2.45, 2.75) is 104 Å². The van der Waals surface area contributed by atoms with E-state index in [1.165, 1.54) is 19.3 Å². The monoisotopic (exact) mass is 633 g/mol. The number of carbonyl (C=O) groups excluding carboxylic acids is 2. The van der Waals surface area contributed by atoms with Crippen LogP contribution in [-0.2, 0) is 25.5 Å². The van der Waals surface area contributed by atoms with Crippen molar-refractivity contribution in [3.8, 4) is 5.75 Å². The zero-order chi connectivity index (χ0) is 32.7. The molecule has 1 amide bonds. The second kappa shape index (κ2) is 15.0. The minimum atomic E-state index is -0.709. The van der Waals surface area contributed by atoms with Crippen molar-refractivity contribution < 1.29 is 33.0 Å². The lowest BCUT2D eigenvalue weighted by atomic mass is 9.84. The van der Waals surface area contributed by atoms with Crippen molar-refractivity contribution in [1.29, 1.82) is 0 Å². The topological polar surface area (TPSA) is 113 Å². The third-order valence-corrected chi connectivity index (χ3v) is 8.38. The molecular formula is C36H47N3O7. The van der Waals surface area contributed by atoms with Gasteiger partial charge in [-0.25, -0.2) is 14.6 Å². The number of esters is 1. The Morgan fingerprint density at radius 2 is 1.89 bits per heavy atom. The zero-order valence-electron chi connectivity index (χ0n) is 27.8. The summed E-state index contributed by atoms with van der Waals surface area (Å²) in [6.45, 7) is 10.8. The van der Waals surface area contributed by atoms with Gasteiger partial charge in [0.05, 0.1) is 25.1 Å². The number of hydrogen-bond acceptors (Lipinski definition) is 9. The number of amides is 1. The van der Waals surface area contributed by atoms with Crippen molar-refractivity contribution in [2.24, 2.45) is 10.9 Å². The van der Waals surface area contributed by atoms with Crippen LogP contribution < -0.4 is 4.74 Å². The third kappa shape index (κ3) is 8.39. The number of nitrogens with zero attached hydrogens (tertiary/aromatic N) is 3. The van der Waals surface area contributed by atoms with Gasteiger partial charge in [0.2, 0.25) is 0 Å². The van der Waals surface area contributed by atoms with E-state index in [4.69, 9.17) is 28.4 Å². The number of aliphatic imine (C=N–C) groups is 1. The fraction of sp³-hybridized carbons (Fsp3) is 0.556. The highest BCUT2D eigenvalue weighted by Gasteiger charge is 2.41. The van der Waals surface area contributed by atoms with Gasteiger partial charge in [0.1, 0.15) is 23.0 Å². The molecule has 0 spiro atoms. The van der Waals surface area contributed by atoms with Crippen molar-refractivity contribution in [3.63, 3.8) is 0 Å². The number of furan rings is 1. The summed E-state index contributed by atoms with van der Waals surface area (Å²) in [5.74, 6) is 1.65. The molecule has 1 fully saturated rings. The standard InChI is InChI=1S/C36H47N3O7/c1-6-42-34(40)31-29(21-25-13-8-7-9-14-25)45-33(38-31)32-24(2)30-27(16-10-17-28(30)44-32)43-20-12-19-39(35(41)46-36(3,4)5)23-26-15-11-18-37-22-26/h10-11,15-18,22,25,29,31H,6-9,12-14,19-21,23H2,1-5H3. The van der Waals surface area contributed by atoms with Crippen molar-refractivity contribution in [1.82, 2.24) is 9.88 Å². The number of rotatable bonds is 12. The maximum Gasteiger partial charge on any atom is 0.410 e. The Balaban J connectivity index is 1.28. The Hall–Kier alpha value is -4.08. The minimum Gasteiger partial charge on any atom is -0.493 e. The van der Waals surface area contributed by atoms with Crippen LogP contribution in [0, 0.1) is 12.8 Å². The molecule has 248 valence electrons. The van der Waals surface area contributed by atoms with Crippen LogP contribution in [0.4, 0.5) is 4.79 Å². The molecule has 0 N–H and O–H groups in total. The predicted molar refractivity (Wildman–Crippen MR) is 175 cm³/mol. The summed E-state index contributed by atoms with van der Waals surface area (Å²) in [5.41, 5.74) is 1.79. The molecule has 5 rings (SSSR count). The molecule has 1 saturated carbocycles. The first-order chi connectivity index (χ1) is 22.1. The predicted octanol–water partition coefficient (Wildman–Crippen LogP) is 7.39. The number of hydrogen-bond donors (Lipinski definition) is 0. The van der Waals surface area contributed by atoms with Gasteiger partial charge in [0, 0.05) is 24.5 Å². The van der Waals surface area contributed by atoms with Gasteiger partial charge in [-0.15, -0.1) is 0 Å². The molecule has 1 aliphatic heterocycles. The van der Waals surface area contributed by atoms with Crippen LogP contribution in [0.1, 0.15) is 89.5 Å². The highest BCUT2D eigenvalue weighted by molar-refractivity contribution is 6.02. The van der Waals surface area contributed by atoms with Gasteiger partial charge in [0.25, 0.3) is 5.90 Å². The van der Waals surface area contributed by atoms with Crippen LogP contribution in [0.15, 0.2) is 52.1 Å². The van der Waals surface area contributed by atoms with Crippen molar-refractivity contribution >= 4 is 28.9 Å². The van der Waals surface area contributed by atoms with E-state index in [-0.39, 0.29) is 18.2 Å². The number of benzene rings is 1. The molecule has 2 unspecified atom stereocenters. The van der Waals surface area contributed by atoms with Crippen LogP contribution in [0.5, 0.6) is 5.75 Å². The number of aryl methyl sites for hydroxylation is 1. The van der Waals surface area contributed by atoms with E-state index in [0.717, 1.165) is 35.8 Å². The molecule has 0 radical (unpaired) electrons. The van der Waals surface area contributed by atoms with E-state index in [1.807, 2.05) is 58.0 Å². The summed E-state index contributed by atoms with van der Waals surface area (Å²) in [6.07, 6.45) is 10.0. The van der Waals surface area contributed by atoms with Gasteiger partial charge in [0.15, 0.2) is 11.8 Å². The van der Waals surface area contributed by atoms with E-state index in [1.54, 1.807) is 24.2 Å². The van der Waals surface area contributed by atoms with Crippen LogP contribution in [0.3, 0.4) is 0 Å². The van der Waals surface area contributed by atoms with Crippen LogP contribution in [-0.4, -0.2) is 65.3 Å². The Morgan fingerprint density at radius 3 is 2.61 bits per heavy atom. The van der Waals surface area contributed by atoms with Crippen molar-refractivity contribution in [2.75, 3.05) is 19.8 Å². The van der Waals surface area contributed by atoms with E-state index in [0.29, 0.717) is 61.6 Å². The molecule has 10 heteroatoms. The van der Waals surface area contributed by atoms with E-state index >= 15 is 0 Å². The SMILES string of the molecule is CCOC(=O)C1N=C(c2oc3cccc(OCCCN(Cc4cccnc4)C(=O)OC(C)(C)C)c3c2C)OC1CC1CCCCC1. The summed E-state index contributed by atoms with van der Waals surface area (Å²) in [6, 6.07) is 8.75. The number of ether oxygens (including phenoxy) is 4. The van der Waals surface area contributed by atoms with Crippen LogP contribution in [0.2, 0.25) is 0 Å². The second-order valence-corrected chi connectivity index (χ2v) is 13.2. The molecule has 2 aromatic heterocycles. The second-order valence-electron chi connectivity index (χ2n) is 13.2. The van der Waals surface area contributed by atoms with Gasteiger partial charge >= 0.3 is 12.1 Å². The smallest absolute Gasteiger partial charge is 0.410 e. The molecule has 0 bridgehead atoms. The van der Waals surface area contributed by atoms with E-state index < -0.39 is 11.6 Å². The number of aromatic nitrogens is 1. The Bertz CT molecular complexity index is 1510. The van der Waals surface area contributed by atoms with E-state index in [9.17, 15) is 9.59 Å². The molecule has 10 nitrogen and oxygen atoms in total. The molecular weight excluding hydrogens is 586 g/mol. The first kappa shape index (κ1) is 33.3. The molecule has 46 heavy (non-hydrogen) atoms. The Labute approximate surface area is 271 Å². The van der Waals surface area contributed by atoms with Gasteiger partial charge in [-0.2, -0.15) is 0 Å². The highest BCUT2D eigenvalue weighted by Crippen LogP contribution is 2.37. The maximum atomic E-state index is 13.0. The summed E-state index contributed by atoms with van der Waals surface area (Å²) >= 11 is 0. The van der Waals surface area contributed by atoms with Gasteiger partial charge in [-0.05, 0) is 77.1 Å². The molecule has 0 saturated heterocycles. The van der Waals surface area contributed by atoms with Gasteiger partial charge in [-0.1, -0.05) is 44.2 Å². The lowest BCUT2D eigenvalue weighted by Crippen LogP contribution is -2.37. The lowest BCUT2D eigenvalue weighted by Gasteiger charge is -2.27.